The van der Waals surface area contributed by atoms with E-state index in [9.17, 15) is 19.2 Å². The molecular weight excluding hydrogens is 847 g/mol. The first-order valence-corrected chi connectivity index (χ1v) is 23.0. The van der Waals surface area contributed by atoms with Crippen LogP contribution < -0.4 is 10.6 Å². The van der Waals surface area contributed by atoms with Crippen LogP contribution in [0, 0.1) is 29.1 Å². The van der Waals surface area contributed by atoms with Gasteiger partial charge in [-0.1, -0.05) is 65.0 Å². The molecule has 4 heterocycles. The molecular formula is C50H56F2N8O6. The van der Waals surface area contributed by atoms with Gasteiger partial charge in [-0.2, -0.15) is 8.78 Å². The Labute approximate surface area is 381 Å². The molecule has 7 atom stereocenters. The van der Waals surface area contributed by atoms with E-state index in [-0.39, 0.29) is 64.2 Å². The third kappa shape index (κ3) is 7.18. The number of methoxy groups -OCH3 is 2. The second-order valence-electron chi connectivity index (χ2n) is 20.0. The van der Waals surface area contributed by atoms with Gasteiger partial charge in [-0.3, -0.25) is 9.59 Å². The molecule has 14 nitrogen and oxygen atoms in total. The summed E-state index contributed by atoms with van der Waals surface area (Å²) >= 11 is 0. The molecule has 4 fully saturated rings. The van der Waals surface area contributed by atoms with Crippen LogP contribution in [0.2, 0.25) is 0 Å². The quantitative estimate of drug-likeness (QED) is 0.108. The van der Waals surface area contributed by atoms with Crippen LogP contribution in [0.15, 0.2) is 60.8 Å². The van der Waals surface area contributed by atoms with E-state index in [1.807, 2.05) is 62.9 Å². The minimum Gasteiger partial charge on any atom is -0.453 e. The summed E-state index contributed by atoms with van der Waals surface area (Å²) < 4.78 is 43.1. The number of nitrogens with zero attached hydrogens (tertiary/aromatic N) is 4. The van der Waals surface area contributed by atoms with Crippen LogP contribution in [0.5, 0.6) is 0 Å². The second kappa shape index (κ2) is 15.9. The van der Waals surface area contributed by atoms with Crippen molar-refractivity contribution < 1.29 is 37.4 Å². The molecule has 3 aromatic carbocycles. The summed E-state index contributed by atoms with van der Waals surface area (Å²) in [5.41, 5.74) is 4.67. The molecule has 2 saturated carbocycles. The number of hydrogen-bond donors (Lipinski definition) is 4. The number of nitrogens with one attached hydrogen (secondary N) is 4. The smallest absolute Gasteiger partial charge is 0.407 e. The van der Waals surface area contributed by atoms with Gasteiger partial charge in [0.1, 0.15) is 23.7 Å². The van der Waals surface area contributed by atoms with E-state index in [1.54, 1.807) is 29.3 Å². The van der Waals surface area contributed by atoms with E-state index in [4.69, 9.17) is 19.4 Å². The first kappa shape index (κ1) is 43.6. The molecule has 66 heavy (non-hydrogen) atoms. The molecule has 2 aromatic heterocycles. The first-order chi connectivity index (χ1) is 31.5. The number of ether oxygens (including phenoxy) is 2. The van der Waals surface area contributed by atoms with E-state index in [0.29, 0.717) is 57.6 Å². The Bertz CT molecular complexity index is 2780. The van der Waals surface area contributed by atoms with Gasteiger partial charge in [0, 0.05) is 29.3 Å². The Balaban J connectivity index is 0.900. The third-order valence-corrected chi connectivity index (χ3v) is 15.1. The van der Waals surface area contributed by atoms with E-state index in [0.717, 1.165) is 43.2 Å². The number of fused-ring (bicyclic) bond motifs is 6. The Hall–Kier alpha value is -6.32. The third-order valence-electron chi connectivity index (χ3n) is 15.1. The Morgan fingerprint density at radius 3 is 2.03 bits per heavy atom. The van der Waals surface area contributed by atoms with Crippen LogP contribution in [0.4, 0.5) is 18.4 Å². The number of rotatable bonds is 10. The van der Waals surface area contributed by atoms with Gasteiger partial charge in [0.15, 0.2) is 0 Å². The highest BCUT2D eigenvalue weighted by molar-refractivity contribution is 5.89. The fraction of sp³-hybridized carbons (Fsp3) is 0.480. The predicted octanol–water partition coefficient (Wildman–Crippen LogP) is 8.85. The van der Waals surface area contributed by atoms with Crippen molar-refractivity contribution in [1.29, 1.82) is 0 Å². The van der Waals surface area contributed by atoms with Crippen LogP contribution in [0.3, 0.4) is 0 Å². The van der Waals surface area contributed by atoms with Crippen molar-refractivity contribution >= 4 is 35.0 Å². The van der Waals surface area contributed by atoms with Crippen molar-refractivity contribution in [3.05, 3.63) is 83.6 Å². The zero-order valence-electron chi connectivity index (χ0n) is 38.2. The summed E-state index contributed by atoms with van der Waals surface area (Å²) in [5.74, 6) is -2.27. The zero-order valence-corrected chi connectivity index (χ0v) is 38.2. The average molecular weight is 903 g/mol. The van der Waals surface area contributed by atoms with Gasteiger partial charge < -0.3 is 39.9 Å². The Kier molecular flexibility index (Phi) is 10.5. The van der Waals surface area contributed by atoms with Crippen LogP contribution in [0.1, 0.15) is 102 Å². The van der Waals surface area contributed by atoms with Gasteiger partial charge in [-0.05, 0) is 108 Å². The first-order valence-electron chi connectivity index (χ1n) is 23.0. The lowest BCUT2D eigenvalue weighted by Crippen LogP contribution is -2.55. The molecule has 4 amide bonds. The van der Waals surface area contributed by atoms with Crippen LogP contribution >= 0.6 is 0 Å². The summed E-state index contributed by atoms with van der Waals surface area (Å²) in [6.07, 6.45) is 4.83. The number of benzene rings is 3. The van der Waals surface area contributed by atoms with Gasteiger partial charge in [0.05, 0.1) is 49.2 Å². The van der Waals surface area contributed by atoms with E-state index < -0.39 is 30.2 Å². The minimum atomic E-state index is -3.29. The summed E-state index contributed by atoms with van der Waals surface area (Å²) in [4.78, 5) is 72.9. The summed E-state index contributed by atoms with van der Waals surface area (Å²) in [6, 6.07) is 13.7. The number of H-pyrrole nitrogens is 2. The second-order valence-corrected chi connectivity index (χ2v) is 20.0. The van der Waals surface area contributed by atoms with Gasteiger partial charge in [-0.15, -0.1) is 0 Å². The highest BCUT2D eigenvalue weighted by Gasteiger charge is 2.56. The van der Waals surface area contributed by atoms with Crippen molar-refractivity contribution in [1.82, 2.24) is 40.4 Å². The maximum absolute atomic E-state index is 16.7. The van der Waals surface area contributed by atoms with Crippen molar-refractivity contribution in [2.24, 2.45) is 29.1 Å². The average Bonchev–Trinajstić information content (AvgIpc) is 3.91. The SMILES string of the molecule is COC(=O)N[C@H](C(=O)N1CC2(CC2)C[C@H]1c1ncc(-c2ccc3c(c2)C(F)(F)c2cc(-c4ccc5nc([C@@H]6[C@H]7C[C@@H](C)[C@H](C7)N6C(=O)[C@@H](NC(=O)OC)C(C)C)[nH]c5c4)ccc2-3)[nH]1)C(C)C. The van der Waals surface area contributed by atoms with Crippen molar-refractivity contribution in [2.75, 3.05) is 20.8 Å². The molecule has 4 N–H and O–H groups in total. The van der Waals surface area contributed by atoms with Crippen molar-refractivity contribution in [2.45, 2.75) is 103 Å². The van der Waals surface area contributed by atoms with Gasteiger partial charge >= 0.3 is 12.2 Å². The molecule has 0 radical (unpaired) electrons. The summed E-state index contributed by atoms with van der Waals surface area (Å²) in [6.45, 7) is 10.3. The molecule has 16 heteroatoms. The van der Waals surface area contributed by atoms with Crippen molar-refractivity contribution in [3.8, 4) is 33.5 Å². The standard InChI is InChI=1S/C50H56F2N8O6/c1-24(2)40(57-47(63)65-6)45(61)59-23-49(14-15-49)21-39(59)43-53-22-37(56-43)29-9-12-32-31-11-8-27(17-33(31)50(51,52)34(32)18-29)28-10-13-35-36(19-28)55-44(54-35)42-30-16-26(5)38(20-30)60(42)46(62)41(25(3)4)58-48(64)66-7/h8-13,17-19,22,24-26,30,38-42H,14-16,20-21,23H2,1-7H3,(H,53,56)(H,54,55)(H,57,63)(H,58,64)/t26-,30+,38+,39+,40+,41+,42+/m1/s1. The van der Waals surface area contributed by atoms with E-state index in [1.165, 1.54) is 20.3 Å². The van der Waals surface area contributed by atoms with Gasteiger partial charge in [0.25, 0.3) is 5.92 Å². The maximum Gasteiger partial charge on any atom is 0.407 e. The lowest BCUT2D eigenvalue weighted by atomic mass is 9.91. The number of piperidine rings is 1. The molecule has 2 saturated heterocycles. The van der Waals surface area contributed by atoms with Crippen molar-refractivity contribution in [3.63, 3.8) is 0 Å². The highest BCUT2D eigenvalue weighted by Crippen LogP contribution is 2.59. The topological polar surface area (TPSA) is 175 Å². The number of amides is 4. The molecule has 346 valence electrons. The number of alkyl carbamates (subject to hydrolysis) is 2. The Morgan fingerprint density at radius 2 is 1.39 bits per heavy atom. The minimum absolute atomic E-state index is 0.00910. The fourth-order valence-electron chi connectivity index (χ4n) is 11.4. The Morgan fingerprint density at radius 1 is 0.788 bits per heavy atom. The number of likely N-dealkylation sites (tertiary alicyclic amines) is 2. The number of alkyl halides is 2. The lowest BCUT2D eigenvalue weighted by Gasteiger charge is -2.40. The highest BCUT2D eigenvalue weighted by atomic mass is 19.3. The number of aromatic nitrogens is 4. The number of halogens is 2. The molecule has 2 aliphatic heterocycles. The molecule has 5 aliphatic rings. The number of aromatic amines is 2. The predicted molar refractivity (Wildman–Crippen MR) is 242 cm³/mol. The molecule has 0 unspecified atom stereocenters. The monoisotopic (exact) mass is 902 g/mol. The van der Waals surface area contributed by atoms with Crippen LogP contribution in [0.25, 0.3) is 44.5 Å². The number of hydrogen-bond acceptors (Lipinski definition) is 8. The largest absolute Gasteiger partial charge is 0.453 e. The summed E-state index contributed by atoms with van der Waals surface area (Å²) in [7, 11) is 2.55. The molecule has 2 bridgehead atoms. The molecule has 5 aromatic rings. The number of carbonyl (C=O) groups is 4. The van der Waals surface area contributed by atoms with E-state index >= 15 is 8.78 Å². The van der Waals surface area contributed by atoms with Crippen LogP contribution in [-0.2, 0) is 25.0 Å². The lowest BCUT2D eigenvalue weighted by molar-refractivity contribution is -0.140. The maximum atomic E-state index is 16.7. The molecule has 10 rings (SSSR count). The number of carbonyl (C=O) groups excluding carboxylic acids is 4. The molecule has 3 aliphatic carbocycles. The summed E-state index contributed by atoms with van der Waals surface area (Å²) in [5, 5.41) is 5.45. The van der Waals surface area contributed by atoms with Crippen LogP contribution in [-0.4, -0.2) is 92.6 Å². The van der Waals surface area contributed by atoms with Gasteiger partial charge in [0.2, 0.25) is 11.8 Å². The normalized spacial score (nSPS) is 23.9. The zero-order chi connectivity index (χ0) is 46.6. The number of imidazole rings is 2. The molecule has 1 spiro atoms. The van der Waals surface area contributed by atoms with Gasteiger partial charge in [-0.25, -0.2) is 19.6 Å². The fourth-order valence-corrected chi connectivity index (χ4v) is 11.4. The van der Waals surface area contributed by atoms with E-state index in [2.05, 4.69) is 27.5 Å².